The number of urea groups is 1. The minimum atomic E-state index is -1.04. The largest absolute Gasteiger partial charge is 0.480 e. The average molecular weight is 932 g/mol. The summed E-state index contributed by atoms with van der Waals surface area (Å²) in [4.78, 5) is 122. The van der Waals surface area contributed by atoms with E-state index < -0.39 is 42.1 Å². The van der Waals surface area contributed by atoms with Crippen LogP contribution in [-0.4, -0.2) is 197 Å². The third-order valence-corrected chi connectivity index (χ3v) is 12.5. The summed E-state index contributed by atoms with van der Waals surface area (Å²) in [6.07, 6.45) is 2.21. The van der Waals surface area contributed by atoms with Gasteiger partial charge in [-0.1, -0.05) is 39.3 Å². The quantitative estimate of drug-likeness (QED) is 0.0658. The topological polar surface area (TPSA) is 268 Å². The lowest BCUT2D eigenvalue weighted by Crippen LogP contribution is -2.51. The highest BCUT2D eigenvalue weighted by atomic mass is 32.2. The molecule has 360 valence electrons. The SMILES string of the molecule is CC[C@H](C)[C@H](CC(=O)[C@H](CCSC)NC(=O)Nc1ccc(CNC(=O)CN2CCN(CC(=O)O)CCN(CC(=O)O)CCN3CC(=O)OC3C2)cc1)C(=O)NCCN1C(=O)CC(C)C1=O. The molecule has 6 N–H and O–H groups in total. The molecule has 3 saturated heterocycles. The van der Waals surface area contributed by atoms with Crippen molar-refractivity contribution in [3.8, 4) is 0 Å². The van der Waals surface area contributed by atoms with Crippen LogP contribution in [0.2, 0.25) is 0 Å². The van der Waals surface area contributed by atoms with Gasteiger partial charge in [-0.05, 0) is 42.0 Å². The molecule has 0 aliphatic carbocycles. The number of ketones is 1. The van der Waals surface area contributed by atoms with Crippen LogP contribution in [0.25, 0.3) is 0 Å². The van der Waals surface area contributed by atoms with Gasteiger partial charge in [0.15, 0.2) is 12.0 Å². The normalized spacial score (nSPS) is 20.7. The second kappa shape index (κ2) is 26.1. The molecule has 4 rings (SSSR count). The number of anilines is 1. The lowest BCUT2D eigenvalue weighted by atomic mass is 9.85. The Balaban J connectivity index is 1.30. The molecule has 3 heterocycles. The molecule has 0 bridgehead atoms. The summed E-state index contributed by atoms with van der Waals surface area (Å²) in [6, 6.07) is 5.28. The van der Waals surface area contributed by atoms with Crippen molar-refractivity contribution in [2.75, 3.05) is 102 Å². The molecule has 3 aliphatic heterocycles. The molecule has 0 saturated carbocycles. The zero-order chi connectivity index (χ0) is 47.6. The fourth-order valence-electron chi connectivity index (χ4n) is 7.86. The van der Waals surface area contributed by atoms with Gasteiger partial charge in [-0.2, -0.15) is 11.8 Å². The van der Waals surface area contributed by atoms with Crippen LogP contribution in [0.1, 0.15) is 52.0 Å². The summed E-state index contributed by atoms with van der Waals surface area (Å²) < 4.78 is 5.56. The maximum Gasteiger partial charge on any atom is 0.321 e. The molecular formula is C43H65N9O12S. The first-order valence-electron chi connectivity index (χ1n) is 22.1. The van der Waals surface area contributed by atoms with Gasteiger partial charge >= 0.3 is 23.9 Å². The van der Waals surface area contributed by atoms with Crippen LogP contribution in [0.15, 0.2) is 24.3 Å². The Morgan fingerprint density at radius 2 is 1.51 bits per heavy atom. The highest BCUT2D eigenvalue weighted by Gasteiger charge is 2.37. The number of carbonyl (C=O) groups excluding carboxylic acids is 7. The van der Waals surface area contributed by atoms with E-state index >= 15 is 0 Å². The van der Waals surface area contributed by atoms with Crippen LogP contribution in [0.4, 0.5) is 10.5 Å². The zero-order valence-electron chi connectivity index (χ0n) is 37.8. The Bertz CT molecular complexity index is 1860. The first-order valence-corrected chi connectivity index (χ1v) is 23.5. The highest BCUT2D eigenvalue weighted by molar-refractivity contribution is 7.98. The van der Waals surface area contributed by atoms with E-state index in [4.69, 9.17) is 4.74 Å². The number of likely N-dealkylation sites (tertiary alicyclic amines) is 1. The van der Waals surface area contributed by atoms with Gasteiger partial charge in [0.25, 0.3) is 0 Å². The summed E-state index contributed by atoms with van der Waals surface area (Å²) in [5.74, 6) is -4.66. The van der Waals surface area contributed by atoms with Crippen LogP contribution < -0.4 is 21.3 Å². The molecule has 22 heteroatoms. The number of nitrogens with zero attached hydrogens (tertiary/aromatic N) is 5. The molecule has 3 fully saturated rings. The number of carboxylic acids is 2. The second-order valence-corrected chi connectivity index (χ2v) is 17.8. The monoisotopic (exact) mass is 931 g/mol. The van der Waals surface area contributed by atoms with Gasteiger partial charge in [0.05, 0.1) is 38.8 Å². The second-order valence-electron chi connectivity index (χ2n) is 16.8. The number of esters is 1. The van der Waals surface area contributed by atoms with Crippen LogP contribution >= 0.6 is 11.8 Å². The van der Waals surface area contributed by atoms with Gasteiger partial charge in [-0.3, -0.25) is 62.9 Å². The standard InChI is InChI=1S/C43H65N9O12S/c1-5-28(2)32(41(61)44-11-12-52-36(55)20-29(3)42(52)62)21-34(53)33(10-19-65-4)47-43(63)46-31-8-6-30(7-9-31)22-45-35(54)23-50-16-15-48(25-38(56)57)13-14-49(26-39(58)59)17-18-51-27-40(60)64-37(51)24-50/h6-9,28-29,32-33,37H,5,10-27H2,1-4H3,(H,44,61)(H,45,54)(H,56,57)(H,58,59)(H2,46,47,63)/t28-,29?,32-,33-,37?/m0/s1. The van der Waals surface area contributed by atoms with Crippen molar-refractivity contribution < 1.29 is 58.1 Å². The van der Waals surface area contributed by atoms with Gasteiger partial charge in [-0.25, -0.2) is 4.79 Å². The lowest BCUT2D eigenvalue weighted by Gasteiger charge is -2.33. The van der Waals surface area contributed by atoms with Crippen LogP contribution in [0.5, 0.6) is 0 Å². The van der Waals surface area contributed by atoms with Gasteiger partial charge < -0.3 is 36.2 Å². The maximum absolute atomic E-state index is 13.7. The number of hydrogen-bond donors (Lipinski definition) is 6. The number of aliphatic carboxylic acids is 2. The Morgan fingerprint density at radius 1 is 0.877 bits per heavy atom. The third kappa shape index (κ3) is 17.3. The maximum atomic E-state index is 13.7. The van der Waals surface area contributed by atoms with Crippen molar-refractivity contribution in [3.63, 3.8) is 0 Å². The molecule has 3 aliphatic rings. The van der Waals surface area contributed by atoms with Gasteiger partial charge in [0.2, 0.25) is 23.6 Å². The number of nitrogens with one attached hydrogen (secondary N) is 4. The Morgan fingerprint density at radius 3 is 2.09 bits per heavy atom. The first-order chi connectivity index (χ1) is 31.0. The first kappa shape index (κ1) is 52.5. The van der Waals surface area contributed by atoms with Crippen LogP contribution in [0.3, 0.4) is 0 Å². The number of fused-ring (bicyclic) bond motifs is 1. The van der Waals surface area contributed by atoms with Crippen molar-refractivity contribution >= 4 is 70.8 Å². The summed E-state index contributed by atoms with van der Waals surface area (Å²) in [5, 5.41) is 30.1. The van der Waals surface area contributed by atoms with Gasteiger partial charge in [0, 0.05) is 89.3 Å². The molecule has 1 aromatic carbocycles. The van der Waals surface area contributed by atoms with Crippen LogP contribution in [-0.2, 0) is 49.6 Å². The zero-order valence-corrected chi connectivity index (χ0v) is 38.6. The van der Waals surface area contributed by atoms with Crippen LogP contribution in [0, 0.1) is 17.8 Å². The number of rotatable bonds is 22. The van der Waals surface area contributed by atoms with E-state index in [-0.39, 0.29) is 126 Å². The molecule has 1 aromatic rings. The van der Waals surface area contributed by atoms with E-state index in [9.17, 15) is 53.4 Å². The number of hydrogen-bond acceptors (Lipinski definition) is 15. The average Bonchev–Trinajstić information content (AvgIpc) is 3.73. The molecule has 65 heavy (non-hydrogen) atoms. The number of ether oxygens (including phenoxy) is 1. The Hall–Kier alpha value is -5.16. The number of thioether (sulfide) groups is 1. The minimum Gasteiger partial charge on any atom is -0.480 e. The van der Waals surface area contributed by atoms with E-state index in [1.165, 1.54) is 11.8 Å². The molecule has 5 atom stereocenters. The molecular weight excluding hydrogens is 867 g/mol. The summed E-state index contributed by atoms with van der Waals surface area (Å²) in [5.41, 5.74) is 1.16. The number of imide groups is 1. The molecule has 0 spiro atoms. The van der Waals surface area contributed by atoms with Gasteiger partial charge in [0.1, 0.15) is 0 Å². The predicted octanol–water partition coefficient (Wildman–Crippen LogP) is -0.0476. The Kier molecular flexibility index (Phi) is 21.1. The summed E-state index contributed by atoms with van der Waals surface area (Å²) in [7, 11) is 0. The van der Waals surface area contributed by atoms with Crippen molar-refractivity contribution in [3.05, 3.63) is 29.8 Å². The van der Waals surface area contributed by atoms with Gasteiger partial charge in [-0.15, -0.1) is 0 Å². The van der Waals surface area contributed by atoms with E-state index in [0.29, 0.717) is 43.9 Å². The predicted molar refractivity (Wildman–Crippen MR) is 239 cm³/mol. The van der Waals surface area contributed by atoms with Crippen molar-refractivity contribution in [2.45, 2.75) is 65.3 Å². The lowest BCUT2D eigenvalue weighted by molar-refractivity contribution is -0.143. The highest BCUT2D eigenvalue weighted by Crippen LogP contribution is 2.23. The van der Waals surface area contributed by atoms with Crippen molar-refractivity contribution in [2.24, 2.45) is 17.8 Å². The number of Topliss-reactive ketones (excluding diaryl/α,β-unsaturated/α-hetero) is 1. The minimum absolute atomic E-state index is 0.0238. The molecule has 0 aromatic heterocycles. The number of benzene rings is 1. The number of carbonyl (C=O) groups is 9. The summed E-state index contributed by atoms with van der Waals surface area (Å²) in [6.45, 7) is 7.14. The van der Waals surface area contributed by atoms with Crippen molar-refractivity contribution in [1.29, 1.82) is 0 Å². The van der Waals surface area contributed by atoms with E-state index in [1.54, 1.807) is 50.8 Å². The molecule has 0 radical (unpaired) electrons. The van der Waals surface area contributed by atoms with Crippen molar-refractivity contribution in [1.82, 2.24) is 40.4 Å². The molecule has 21 nitrogen and oxygen atoms in total. The fourth-order valence-corrected chi connectivity index (χ4v) is 8.33. The van der Waals surface area contributed by atoms with E-state index in [0.717, 1.165) is 10.5 Å². The fraction of sp³-hybridized carbons (Fsp3) is 0.651. The smallest absolute Gasteiger partial charge is 0.321 e. The van der Waals surface area contributed by atoms with E-state index in [2.05, 4.69) is 21.3 Å². The molecule has 2 unspecified atom stereocenters. The number of amides is 6. The third-order valence-electron chi connectivity index (χ3n) is 11.9. The Labute approximate surface area is 383 Å². The summed E-state index contributed by atoms with van der Waals surface area (Å²) >= 11 is 1.51. The number of carboxylic acid groups (broad SMARTS) is 2. The molecule has 6 amide bonds. The van der Waals surface area contributed by atoms with E-state index in [1.807, 2.05) is 20.1 Å².